The first-order chi connectivity index (χ1) is 3.46. The van der Waals surface area contributed by atoms with Crippen molar-refractivity contribution >= 4 is 31.0 Å². The van der Waals surface area contributed by atoms with Crippen molar-refractivity contribution in [2.45, 2.75) is 0 Å². The van der Waals surface area contributed by atoms with Gasteiger partial charge in [-0.1, -0.05) is 0 Å². The third-order valence-electron chi connectivity index (χ3n) is 0. The monoisotopic (exact) mass is 244 g/mol. The third kappa shape index (κ3) is 240. The Bertz CT molecular complexity index is 78.8. The fourth-order valence-electron chi connectivity index (χ4n) is 0. The van der Waals surface area contributed by atoms with Crippen LogP contribution >= 0.6 is 0 Å². The average molecular weight is 244 g/mol. The van der Waals surface area contributed by atoms with Crippen molar-refractivity contribution in [2.75, 3.05) is 0 Å². The molecule has 0 aromatic carbocycles. The summed E-state index contributed by atoms with van der Waals surface area (Å²) in [5, 5.41) is 15.3. The van der Waals surface area contributed by atoms with Crippen molar-refractivity contribution in [2.24, 2.45) is 0 Å². The minimum atomic E-state index is -2.61. The Morgan fingerprint density at radius 3 is 1.17 bits per heavy atom. The molecule has 0 radical (unpaired) electrons. The van der Waals surface area contributed by atoms with Gasteiger partial charge in [0.15, 0.2) is 0 Å². The molecular weight excluding hydrogens is 241 g/mol. The molecule has 0 saturated heterocycles. The van der Waals surface area contributed by atoms with E-state index in [9.17, 15) is 0 Å². The van der Waals surface area contributed by atoms with Gasteiger partial charge in [-0.2, -0.15) is 4.21 Å². The van der Waals surface area contributed by atoms with E-state index in [0.29, 0.717) is 0 Å². The Labute approximate surface area is 145 Å². The van der Waals surface area contributed by atoms with Crippen LogP contribution < -0.4 is 93.8 Å². The molecule has 0 fully saturated rings. The van der Waals surface area contributed by atoms with E-state index in [1.807, 2.05) is 0 Å². The zero-order chi connectivity index (χ0) is 7.15. The molecule has 6 nitrogen and oxygen atoms in total. The summed E-state index contributed by atoms with van der Waals surface area (Å²) in [6.45, 7) is 0. The van der Waals surface area contributed by atoms with Crippen LogP contribution in [0.1, 0.15) is 0 Å². The number of carboxylic acid groups (broad SMARTS) is 2. The average Bonchev–Trinajstić information content (AvgIpc) is 1.25. The fourth-order valence-corrected chi connectivity index (χ4v) is 0. The fraction of sp³-hybridized carbons (Fsp3) is 0. The van der Waals surface area contributed by atoms with Gasteiger partial charge in [-0.05, 0) is 0 Å². The molecule has 0 aliphatic rings. The smallest absolute Gasteiger partial charge is 1.00 e. The molecule has 3 N–H and O–H groups in total. The van der Waals surface area contributed by atoms with Gasteiger partial charge in [0.2, 0.25) is 6.16 Å². The molecule has 0 saturated carbocycles. The van der Waals surface area contributed by atoms with Gasteiger partial charge in [0.1, 0.15) is 0 Å². The van der Waals surface area contributed by atoms with Crippen LogP contribution in [0.2, 0.25) is 0 Å². The number of carbonyl (C=O) groups is 1. The van der Waals surface area contributed by atoms with Crippen molar-refractivity contribution in [1.82, 2.24) is 0 Å². The molecule has 0 rings (SSSR count). The molecule has 0 aromatic heterocycles. The summed E-state index contributed by atoms with van der Waals surface area (Å²) in [5.41, 5.74) is 0. The molecule has 0 amide bonds. The summed E-state index contributed by atoms with van der Waals surface area (Å²) in [7, 11) is 0. The quantitative estimate of drug-likeness (QED) is 0.287. The minimum Gasteiger partial charge on any atom is -2.00 e. The predicted octanol–water partition coefficient (Wildman–Crippen LogP) is -10.4. The van der Waals surface area contributed by atoms with Gasteiger partial charge >= 0.3 is 88.7 Å². The van der Waals surface area contributed by atoms with Crippen molar-refractivity contribution in [3.63, 3.8) is 0 Å². The van der Waals surface area contributed by atoms with Crippen molar-refractivity contribution in [3.05, 3.63) is 0 Å². The second kappa shape index (κ2) is 29.2. The van der Waals surface area contributed by atoms with E-state index in [2.05, 4.69) is 0 Å². The molecule has 0 bridgehead atoms. The summed E-state index contributed by atoms with van der Waals surface area (Å²) in [6.07, 6.45) is -2.08. The minimum absolute atomic E-state index is 0. The summed E-state index contributed by atoms with van der Waals surface area (Å²) < 4.78 is 22.8. The molecule has 0 spiro atoms. The van der Waals surface area contributed by atoms with Crippen LogP contribution in [-0.2, 0) is 24.9 Å². The molecule has 0 atom stereocenters. The van der Waals surface area contributed by atoms with E-state index in [4.69, 9.17) is 28.3 Å². The molecule has 58 valence electrons. The maximum absolute atomic E-state index is 8.67. The maximum Gasteiger partial charge on any atom is 1.00 e. The number of rotatable bonds is 0. The number of hydrogen-bond acceptors (Lipinski definition) is 3. The number of hydrogen-bond donors (Lipinski definition) is 3. The Hall–Kier alpha value is 2.69. The van der Waals surface area contributed by atoms with E-state index in [-0.39, 0.29) is 102 Å². The summed E-state index contributed by atoms with van der Waals surface area (Å²) in [6, 6.07) is 0. The Kier molecular flexibility index (Phi) is 88.7. The molecule has 11 heteroatoms. The van der Waals surface area contributed by atoms with Crippen molar-refractivity contribution < 1.29 is 117 Å². The molecule has 0 aromatic rings. The SMILES string of the molecule is O=C([O-])O.O=S(O)O.[Na+].[Na+].[Na+].[S-2]. The standard InChI is InChI=1S/CH2O3.3Na.H2O3S.S/c2-1(3)4;;;;1-4(2)3;/h(H2,2,3,4);;;;(H2,1,2,3);/q;3*+1;;-2/p-1. The Morgan fingerprint density at radius 1 is 1.17 bits per heavy atom. The van der Waals surface area contributed by atoms with E-state index in [0.717, 1.165) is 0 Å². The molecule has 0 heterocycles. The van der Waals surface area contributed by atoms with E-state index in [1.165, 1.54) is 0 Å². The summed E-state index contributed by atoms with van der Waals surface area (Å²) >= 11 is -2.61. The van der Waals surface area contributed by atoms with Gasteiger partial charge in [0, 0.05) is 0 Å². The second-order valence-corrected chi connectivity index (χ2v) is 0.958. The first-order valence-electron chi connectivity index (χ1n) is 1.16. The largest absolute Gasteiger partial charge is 2.00 e. The first-order valence-corrected chi connectivity index (χ1v) is 2.23. The van der Waals surface area contributed by atoms with Crippen molar-refractivity contribution in [1.29, 1.82) is 0 Å². The normalized spacial score (nSPS) is 4.92. The molecule has 0 aliphatic carbocycles. The van der Waals surface area contributed by atoms with Crippen LogP contribution in [0.25, 0.3) is 0 Å². The zero-order valence-corrected chi connectivity index (χ0v) is 14.5. The van der Waals surface area contributed by atoms with E-state index in [1.54, 1.807) is 0 Å². The van der Waals surface area contributed by atoms with E-state index < -0.39 is 17.5 Å². The zero-order valence-electron chi connectivity index (χ0n) is 6.88. The van der Waals surface area contributed by atoms with Crippen LogP contribution in [0.5, 0.6) is 0 Å². The van der Waals surface area contributed by atoms with Gasteiger partial charge in [0.05, 0.1) is 0 Å². The molecule has 0 unspecified atom stereocenters. The maximum atomic E-state index is 8.67. The van der Waals surface area contributed by atoms with Gasteiger partial charge in [0.25, 0.3) is 11.4 Å². The second-order valence-electron chi connectivity index (χ2n) is 0.497. The predicted molar refractivity (Wildman–Crippen MR) is 28.8 cm³/mol. The Morgan fingerprint density at radius 2 is 1.17 bits per heavy atom. The molecule has 0 aliphatic heterocycles. The van der Waals surface area contributed by atoms with Crippen LogP contribution in [0.3, 0.4) is 0 Å². The van der Waals surface area contributed by atoms with Crippen LogP contribution in [0.15, 0.2) is 0 Å². The van der Waals surface area contributed by atoms with Crippen molar-refractivity contribution in [3.8, 4) is 0 Å². The molecular formula is CH3Na3O6S2. The van der Waals surface area contributed by atoms with Gasteiger partial charge in [-0.15, -0.1) is 0 Å². The van der Waals surface area contributed by atoms with Crippen LogP contribution in [0.4, 0.5) is 4.79 Å². The topological polar surface area (TPSA) is 118 Å². The van der Waals surface area contributed by atoms with Gasteiger partial charge in [-0.3, -0.25) is 9.11 Å². The summed E-state index contributed by atoms with van der Waals surface area (Å²) in [5.74, 6) is 0. The first kappa shape index (κ1) is 36.5. The summed E-state index contributed by atoms with van der Waals surface area (Å²) in [4.78, 5) is 8.44. The van der Waals surface area contributed by atoms with E-state index >= 15 is 0 Å². The third-order valence-corrected chi connectivity index (χ3v) is 0. The Balaban J connectivity index is -0.0000000112. The van der Waals surface area contributed by atoms with Crippen LogP contribution in [-0.4, -0.2) is 24.6 Å². The van der Waals surface area contributed by atoms with Crippen LogP contribution in [0, 0.1) is 0 Å². The van der Waals surface area contributed by atoms with Gasteiger partial charge < -0.3 is 28.5 Å². The molecule has 12 heavy (non-hydrogen) atoms. The van der Waals surface area contributed by atoms with Gasteiger partial charge in [-0.25, -0.2) is 0 Å².